The Bertz CT molecular complexity index is 1170. The van der Waals surface area contributed by atoms with Crippen molar-refractivity contribution in [3.63, 3.8) is 0 Å². The zero-order valence-corrected chi connectivity index (χ0v) is 16.3. The third-order valence-electron chi connectivity index (χ3n) is 5.09. The van der Waals surface area contributed by atoms with Crippen LogP contribution >= 0.6 is 0 Å². The lowest BCUT2D eigenvalue weighted by Gasteiger charge is -2.07. The Balaban J connectivity index is 1.40. The van der Waals surface area contributed by atoms with Gasteiger partial charge in [-0.25, -0.2) is 14.2 Å². The molecule has 0 aliphatic heterocycles. The quantitative estimate of drug-likeness (QED) is 0.443. The van der Waals surface area contributed by atoms with Gasteiger partial charge in [-0.05, 0) is 40.8 Å². The van der Waals surface area contributed by atoms with Gasteiger partial charge in [0, 0.05) is 24.7 Å². The van der Waals surface area contributed by atoms with Crippen LogP contribution in [0.2, 0.25) is 0 Å². The molecule has 0 aliphatic carbocycles. The minimum atomic E-state index is -0.932. The third-order valence-corrected chi connectivity index (χ3v) is 5.09. The maximum atomic E-state index is 13.8. The summed E-state index contributed by atoms with van der Waals surface area (Å²) in [7, 11) is 0. The molecular formula is C25H21FN2O2. The number of carbonyl (C=O) groups is 1. The van der Waals surface area contributed by atoms with Gasteiger partial charge in [-0.3, -0.25) is 0 Å². The number of aromatic carboxylic acids is 1. The van der Waals surface area contributed by atoms with Gasteiger partial charge in [0.05, 0.1) is 5.56 Å². The molecule has 0 saturated heterocycles. The minimum Gasteiger partial charge on any atom is -0.478 e. The second-order valence-corrected chi connectivity index (χ2v) is 7.17. The highest BCUT2D eigenvalue weighted by Crippen LogP contribution is 2.24. The molecule has 1 heterocycles. The van der Waals surface area contributed by atoms with Gasteiger partial charge >= 0.3 is 5.97 Å². The van der Waals surface area contributed by atoms with Crippen LogP contribution in [0.5, 0.6) is 0 Å². The maximum absolute atomic E-state index is 13.8. The first kappa shape index (κ1) is 19.6. The first-order valence-corrected chi connectivity index (χ1v) is 9.78. The molecule has 0 unspecified atom stereocenters. The van der Waals surface area contributed by atoms with E-state index >= 15 is 0 Å². The number of H-pyrrole nitrogens is 1. The van der Waals surface area contributed by atoms with Crippen LogP contribution < -0.4 is 0 Å². The van der Waals surface area contributed by atoms with E-state index in [-0.39, 0.29) is 5.82 Å². The van der Waals surface area contributed by atoms with Crippen LogP contribution in [0.4, 0.5) is 4.39 Å². The molecule has 0 saturated carbocycles. The van der Waals surface area contributed by atoms with E-state index in [1.807, 2.05) is 42.5 Å². The number of aromatic amines is 1. The van der Waals surface area contributed by atoms with Gasteiger partial charge < -0.3 is 10.1 Å². The molecular weight excluding hydrogens is 379 g/mol. The summed E-state index contributed by atoms with van der Waals surface area (Å²) in [6.45, 7) is 0. The normalized spacial score (nSPS) is 10.8. The van der Waals surface area contributed by atoms with E-state index in [9.17, 15) is 14.3 Å². The van der Waals surface area contributed by atoms with Gasteiger partial charge in [0.15, 0.2) is 0 Å². The standard InChI is InChI=1S/C25H21FN2O2/c26-23-8-4-1-5-19(23)15-20-16-27-24(28-20)14-11-17-9-12-18(13-10-17)21-6-2-3-7-22(21)25(29)30/h1-10,12-13,16H,11,14-15H2,(H,27,28)(H,29,30). The molecule has 4 aromatic rings. The minimum absolute atomic E-state index is 0.210. The van der Waals surface area contributed by atoms with Gasteiger partial charge in [-0.2, -0.15) is 0 Å². The fourth-order valence-electron chi connectivity index (χ4n) is 3.50. The molecule has 0 fully saturated rings. The number of aryl methyl sites for hydroxylation is 2. The van der Waals surface area contributed by atoms with Crippen molar-refractivity contribution in [2.45, 2.75) is 19.3 Å². The maximum Gasteiger partial charge on any atom is 0.336 e. The molecule has 30 heavy (non-hydrogen) atoms. The highest BCUT2D eigenvalue weighted by Gasteiger charge is 2.11. The summed E-state index contributed by atoms with van der Waals surface area (Å²) in [6, 6.07) is 21.7. The Kier molecular flexibility index (Phi) is 5.70. The molecule has 4 rings (SSSR count). The first-order valence-electron chi connectivity index (χ1n) is 9.78. The number of imidazole rings is 1. The molecule has 3 aromatic carbocycles. The van der Waals surface area contributed by atoms with E-state index in [0.29, 0.717) is 23.1 Å². The van der Waals surface area contributed by atoms with Crippen molar-refractivity contribution in [2.24, 2.45) is 0 Å². The van der Waals surface area contributed by atoms with Crippen LogP contribution in [-0.2, 0) is 19.3 Å². The lowest BCUT2D eigenvalue weighted by atomic mass is 9.98. The van der Waals surface area contributed by atoms with Crippen LogP contribution in [0.3, 0.4) is 0 Å². The van der Waals surface area contributed by atoms with E-state index in [0.717, 1.165) is 35.5 Å². The first-order chi connectivity index (χ1) is 14.6. The Morgan fingerprint density at radius 2 is 1.67 bits per heavy atom. The molecule has 5 heteroatoms. The molecule has 0 atom stereocenters. The number of aromatic nitrogens is 2. The zero-order chi connectivity index (χ0) is 20.9. The summed E-state index contributed by atoms with van der Waals surface area (Å²) in [5.41, 5.74) is 4.55. The molecule has 0 amide bonds. The van der Waals surface area contributed by atoms with Crippen LogP contribution in [0, 0.1) is 5.82 Å². The topological polar surface area (TPSA) is 66.0 Å². The number of hydrogen-bond acceptors (Lipinski definition) is 2. The second-order valence-electron chi connectivity index (χ2n) is 7.17. The average Bonchev–Trinajstić information content (AvgIpc) is 3.22. The summed E-state index contributed by atoms with van der Waals surface area (Å²) >= 11 is 0. The number of hydrogen-bond donors (Lipinski definition) is 2. The molecule has 0 aliphatic rings. The van der Waals surface area contributed by atoms with Gasteiger partial charge in [0.1, 0.15) is 11.6 Å². The Hall–Kier alpha value is -3.73. The van der Waals surface area contributed by atoms with Crippen LogP contribution in [-0.4, -0.2) is 21.0 Å². The molecule has 150 valence electrons. The number of benzene rings is 3. The zero-order valence-electron chi connectivity index (χ0n) is 16.3. The van der Waals surface area contributed by atoms with Crippen molar-refractivity contribution < 1.29 is 14.3 Å². The van der Waals surface area contributed by atoms with Crippen LogP contribution in [0.25, 0.3) is 11.1 Å². The van der Waals surface area contributed by atoms with Crippen molar-refractivity contribution in [1.82, 2.24) is 9.97 Å². The summed E-state index contributed by atoms with van der Waals surface area (Å²) in [5.74, 6) is -0.279. The molecule has 2 N–H and O–H groups in total. The van der Waals surface area contributed by atoms with E-state index < -0.39 is 5.97 Å². The van der Waals surface area contributed by atoms with Crippen molar-refractivity contribution in [3.8, 4) is 11.1 Å². The van der Waals surface area contributed by atoms with E-state index in [4.69, 9.17) is 0 Å². The Morgan fingerprint density at radius 3 is 2.43 bits per heavy atom. The van der Waals surface area contributed by atoms with E-state index in [2.05, 4.69) is 9.97 Å². The second kappa shape index (κ2) is 8.74. The summed E-state index contributed by atoms with van der Waals surface area (Å²) in [6.07, 6.45) is 3.78. The summed E-state index contributed by atoms with van der Waals surface area (Å²) < 4.78 is 13.8. The number of carboxylic acid groups (broad SMARTS) is 1. The predicted octanol–water partition coefficient (Wildman–Crippen LogP) is 5.29. The number of rotatable bonds is 7. The van der Waals surface area contributed by atoms with Gasteiger partial charge in [0.25, 0.3) is 0 Å². The number of nitrogens with zero attached hydrogens (tertiary/aromatic N) is 1. The fraction of sp³-hybridized carbons (Fsp3) is 0.120. The van der Waals surface area contributed by atoms with Gasteiger partial charge in [0.2, 0.25) is 0 Å². The van der Waals surface area contributed by atoms with E-state index in [1.165, 1.54) is 6.07 Å². The highest BCUT2D eigenvalue weighted by molar-refractivity contribution is 5.95. The number of halogens is 1. The van der Waals surface area contributed by atoms with Crippen LogP contribution in [0.15, 0.2) is 79.0 Å². The summed E-state index contributed by atoms with van der Waals surface area (Å²) in [4.78, 5) is 19.1. The SMILES string of the molecule is O=C(O)c1ccccc1-c1ccc(CCc2ncc(Cc3ccccc3F)[nH]2)cc1. The summed E-state index contributed by atoms with van der Waals surface area (Å²) in [5, 5.41) is 9.37. The molecule has 1 aromatic heterocycles. The van der Waals surface area contributed by atoms with Gasteiger partial charge in [-0.15, -0.1) is 0 Å². The van der Waals surface area contributed by atoms with E-state index in [1.54, 1.807) is 30.5 Å². The fourth-order valence-corrected chi connectivity index (χ4v) is 3.50. The molecule has 0 spiro atoms. The largest absolute Gasteiger partial charge is 0.478 e. The van der Waals surface area contributed by atoms with Crippen molar-refractivity contribution >= 4 is 5.97 Å². The third kappa shape index (κ3) is 4.46. The monoisotopic (exact) mass is 400 g/mol. The van der Waals surface area contributed by atoms with Crippen molar-refractivity contribution in [3.05, 3.63) is 113 Å². The van der Waals surface area contributed by atoms with Crippen molar-refractivity contribution in [1.29, 1.82) is 0 Å². The van der Waals surface area contributed by atoms with Crippen LogP contribution in [0.1, 0.15) is 33.0 Å². The predicted molar refractivity (Wildman–Crippen MR) is 114 cm³/mol. The van der Waals surface area contributed by atoms with Gasteiger partial charge in [-0.1, -0.05) is 60.7 Å². The average molecular weight is 400 g/mol. The molecule has 4 nitrogen and oxygen atoms in total. The highest BCUT2D eigenvalue weighted by atomic mass is 19.1. The Labute approximate surface area is 174 Å². The number of nitrogens with one attached hydrogen (secondary N) is 1. The lowest BCUT2D eigenvalue weighted by molar-refractivity contribution is 0.0697. The Morgan fingerprint density at radius 1 is 0.933 bits per heavy atom. The number of carboxylic acids is 1. The lowest BCUT2D eigenvalue weighted by Crippen LogP contribution is -1.99. The molecule has 0 radical (unpaired) electrons. The molecule has 0 bridgehead atoms. The smallest absolute Gasteiger partial charge is 0.336 e. The van der Waals surface area contributed by atoms with Crippen molar-refractivity contribution in [2.75, 3.05) is 0 Å².